The number of rotatable bonds is 6. The lowest BCUT2D eigenvalue weighted by molar-refractivity contribution is 0.0526. The topological polar surface area (TPSA) is 71.5 Å². The Kier molecular flexibility index (Phi) is 5.91. The van der Waals surface area contributed by atoms with Crippen LogP contribution in [0.25, 0.3) is 0 Å². The van der Waals surface area contributed by atoms with E-state index in [0.29, 0.717) is 6.61 Å². The van der Waals surface area contributed by atoms with E-state index in [9.17, 15) is 9.59 Å². The summed E-state index contributed by atoms with van der Waals surface area (Å²) < 4.78 is 4.83. The zero-order chi connectivity index (χ0) is 14.4. The number of thiazole rings is 1. The molecule has 1 heterocycles. The first-order valence-corrected chi connectivity index (χ1v) is 6.90. The van der Waals surface area contributed by atoms with Crippen LogP contribution in [-0.2, 0) is 4.74 Å². The van der Waals surface area contributed by atoms with Crippen LogP contribution >= 0.6 is 11.3 Å². The van der Waals surface area contributed by atoms with Crippen molar-refractivity contribution in [3.63, 3.8) is 0 Å². The van der Waals surface area contributed by atoms with Gasteiger partial charge in [-0.1, -0.05) is 0 Å². The number of hydrogen-bond donors (Lipinski definition) is 1. The molecule has 0 aliphatic carbocycles. The molecule has 1 aromatic heterocycles. The molecular formula is C12H19N3O3S. The first-order chi connectivity index (χ1) is 8.93. The summed E-state index contributed by atoms with van der Waals surface area (Å²) >= 11 is 1.11. The second-order valence-electron chi connectivity index (χ2n) is 4.40. The number of esters is 1. The van der Waals surface area contributed by atoms with Crippen molar-refractivity contribution < 1.29 is 14.3 Å². The molecule has 1 aromatic rings. The largest absolute Gasteiger partial charge is 0.461 e. The van der Waals surface area contributed by atoms with Gasteiger partial charge in [-0.2, -0.15) is 0 Å². The standard InChI is InChI=1S/C12H19N3O3S/c1-5-18-12(17)11-14-9(7-19-11)10(16)13-8(2)6-15(3)4/h7-8H,5-6H2,1-4H3,(H,13,16). The van der Waals surface area contributed by atoms with Gasteiger partial charge in [-0.15, -0.1) is 11.3 Å². The van der Waals surface area contributed by atoms with Gasteiger partial charge in [0, 0.05) is 18.0 Å². The van der Waals surface area contributed by atoms with Crippen molar-refractivity contribution in [2.24, 2.45) is 0 Å². The van der Waals surface area contributed by atoms with Crippen molar-refractivity contribution >= 4 is 23.2 Å². The van der Waals surface area contributed by atoms with Crippen LogP contribution in [0, 0.1) is 0 Å². The summed E-state index contributed by atoms with van der Waals surface area (Å²) in [6.07, 6.45) is 0. The predicted octanol–water partition coefficient (Wildman–Crippen LogP) is 1.000. The average Bonchev–Trinajstić information content (AvgIpc) is 2.77. The Balaban J connectivity index is 2.61. The number of carbonyl (C=O) groups excluding carboxylic acids is 2. The molecule has 1 rings (SSSR count). The summed E-state index contributed by atoms with van der Waals surface area (Å²) in [5, 5.41) is 4.58. The highest BCUT2D eigenvalue weighted by Gasteiger charge is 2.17. The van der Waals surface area contributed by atoms with Crippen molar-refractivity contribution in [1.29, 1.82) is 0 Å². The molecule has 0 saturated heterocycles. The second-order valence-corrected chi connectivity index (χ2v) is 5.25. The van der Waals surface area contributed by atoms with E-state index in [4.69, 9.17) is 4.74 Å². The minimum Gasteiger partial charge on any atom is -0.461 e. The molecule has 0 bridgehead atoms. The lowest BCUT2D eigenvalue weighted by Crippen LogP contribution is -2.39. The van der Waals surface area contributed by atoms with Gasteiger partial charge in [-0.3, -0.25) is 4.79 Å². The van der Waals surface area contributed by atoms with Gasteiger partial charge in [-0.05, 0) is 27.9 Å². The van der Waals surface area contributed by atoms with E-state index in [0.717, 1.165) is 17.9 Å². The van der Waals surface area contributed by atoms with Crippen molar-refractivity contribution in [1.82, 2.24) is 15.2 Å². The normalized spacial score (nSPS) is 12.3. The molecule has 106 valence electrons. The number of ether oxygens (including phenoxy) is 1. The predicted molar refractivity (Wildman–Crippen MR) is 73.6 cm³/mol. The molecule has 1 unspecified atom stereocenters. The van der Waals surface area contributed by atoms with Crippen LogP contribution in [0.1, 0.15) is 34.1 Å². The van der Waals surface area contributed by atoms with Gasteiger partial charge in [0.2, 0.25) is 5.01 Å². The van der Waals surface area contributed by atoms with Crippen molar-refractivity contribution in [2.75, 3.05) is 27.2 Å². The first-order valence-electron chi connectivity index (χ1n) is 6.02. The minimum absolute atomic E-state index is 0.00948. The van der Waals surface area contributed by atoms with Gasteiger partial charge in [0.1, 0.15) is 5.69 Å². The number of carbonyl (C=O) groups is 2. The number of nitrogens with zero attached hydrogens (tertiary/aromatic N) is 2. The Morgan fingerprint density at radius 1 is 1.53 bits per heavy atom. The molecule has 0 aliphatic heterocycles. The van der Waals surface area contributed by atoms with Crippen LogP contribution in [-0.4, -0.2) is 55.0 Å². The first kappa shape index (κ1) is 15.6. The fourth-order valence-corrected chi connectivity index (χ4v) is 2.24. The van der Waals surface area contributed by atoms with Crippen LogP contribution in [0.3, 0.4) is 0 Å². The summed E-state index contributed by atoms with van der Waals surface area (Å²) in [6, 6.07) is 0.00948. The van der Waals surface area contributed by atoms with Gasteiger partial charge >= 0.3 is 5.97 Å². The van der Waals surface area contributed by atoms with E-state index in [2.05, 4.69) is 10.3 Å². The summed E-state index contributed by atoms with van der Waals surface area (Å²) in [4.78, 5) is 29.3. The quantitative estimate of drug-likeness (QED) is 0.790. The van der Waals surface area contributed by atoms with Gasteiger partial charge in [0.15, 0.2) is 0 Å². The summed E-state index contributed by atoms with van der Waals surface area (Å²) in [5.74, 6) is -0.769. The molecular weight excluding hydrogens is 266 g/mol. The monoisotopic (exact) mass is 285 g/mol. The molecule has 1 amide bonds. The van der Waals surface area contributed by atoms with Gasteiger partial charge in [-0.25, -0.2) is 9.78 Å². The molecule has 0 aromatic carbocycles. The maximum Gasteiger partial charge on any atom is 0.367 e. The van der Waals surface area contributed by atoms with Crippen molar-refractivity contribution in [2.45, 2.75) is 19.9 Å². The number of likely N-dealkylation sites (N-methyl/N-ethyl adjacent to an activating group) is 1. The zero-order valence-electron chi connectivity index (χ0n) is 11.6. The summed E-state index contributed by atoms with van der Waals surface area (Å²) in [7, 11) is 3.87. The van der Waals surface area contributed by atoms with Crippen LogP contribution in [0.5, 0.6) is 0 Å². The maximum absolute atomic E-state index is 11.9. The molecule has 0 fully saturated rings. The molecule has 6 nitrogen and oxygen atoms in total. The molecule has 1 N–H and O–H groups in total. The highest BCUT2D eigenvalue weighted by molar-refractivity contribution is 7.11. The smallest absolute Gasteiger partial charge is 0.367 e. The lowest BCUT2D eigenvalue weighted by Gasteiger charge is -2.17. The van der Waals surface area contributed by atoms with E-state index in [1.54, 1.807) is 12.3 Å². The SMILES string of the molecule is CCOC(=O)c1nc(C(=O)NC(C)CN(C)C)cs1. The third-order valence-corrected chi connectivity index (χ3v) is 3.03. The molecule has 7 heteroatoms. The van der Waals surface area contributed by atoms with E-state index in [-0.39, 0.29) is 22.7 Å². The summed E-state index contributed by atoms with van der Waals surface area (Å²) in [5.41, 5.74) is 0.249. The molecule has 1 atom stereocenters. The van der Waals surface area contributed by atoms with Crippen LogP contribution in [0.4, 0.5) is 0 Å². The Hall–Kier alpha value is -1.47. The third kappa shape index (κ3) is 4.96. The molecule has 0 spiro atoms. The fourth-order valence-electron chi connectivity index (χ4n) is 1.56. The van der Waals surface area contributed by atoms with Crippen LogP contribution in [0.2, 0.25) is 0 Å². The van der Waals surface area contributed by atoms with Gasteiger partial charge in [0.25, 0.3) is 5.91 Å². The van der Waals surface area contributed by atoms with Crippen molar-refractivity contribution in [3.8, 4) is 0 Å². The minimum atomic E-state index is -0.493. The highest BCUT2D eigenvalue weighted by atomic mass is 32.1. The van der Waals surface area contributed by atoms with E-state index in [1.807, 2.05) is 25.9 Å². The third-order valence-electron chi connectivity index (χ3n) is 2.20. The maximum atomic E-state index is 11.9. The van der Waals surface area contributed by atoms with Crippen LogP contribution in [0.15, 0.2) is 5.38 Å². The van der Waals surface area contributed by atoms with Gasteiger partial charge in [0.05, 0.1) is 6.61 Å². The Labute approximate surface area is 116 Å². The van der Waals surface area contributed by atoms with E-state index >= 15 is 0 Å². The van der Waals surface area contributed by atoms with E-state index in [1.165, 1.54) is 0 Å². The number of hydrogen-bond acceptors (Lipinski definition) is 6. The fraction of sp³-hybridized carbons (Fsp3) is 0.583. The average molecular weight is 285 g/mol. The molecule has 0 radical (unpaired) electrons. The van der Waals surface area contributed by atoms with E-state index < -0.39 is 5.97 Å². The number of aromatic nitrogens is 1. The van der Waals surface area contributed by atoms with Crippen LogP contribution < -0.4 is 5.32 Å². The Morgan fingerprint density at radius 3 is 2.79 bits per heavy atom. The zero-order valence-corrected chi connectivity index (χ0v) is 12.4. The molecule has 0 saturated carbocycles. The Bertz CT molecular complexity index is 445. The van der Waals surface area contributed by atoms with Gasteiger partial charge < -0.3 is 15.0 Å². The lowest BCUT2D eigenvalue weighted by atomic mass is 10.3. The summed E-state index contributed by atoms with van der Waals surface area (Å²) in [6.45, 7) is 4.67. The molecule has 19 heavy (non-hydrogen) atoms. The molecule has 0 aliphatic rings. The van der Waals surface area contributed by atoms with Crippen molar-refractivity contribution in [3.05, 3.63) is 16.1 Å². The second kappa shape index (κ2) is 7.20. The Morgan fingerprint density at radius 2 is 2.21 bits per heavy atom. The highest BCUT2D eigenvalue weighted by Crippen LogP contribution is 2.11. The number of amides is 1. The number of nitrogens with one attached hydrogen (secondary N) is 1.